The molecule has 0 saturated heterocycles. The van der Waals surface area contributed by atoms with E-state index in [9.17, 15) is 0 Å². The highest BCUT2D eigenvalue weighted by Gasteiger charge is 2.18. The zero-order valence-corrected chi connectivity index (χ0v) is 7.96. The number of rotatable bonds is 3. The van der Waals surface area contributed by atoms with E-state index in [0.29, 0.717) is 10.9 Å². The zero-order chi connectivity index (χ0) is 9.10. The number of benzene rings is 1. The first-order chi connectivity index (χ1) is 6.36. The summed E-state index contributed by atoms with van der Waals surface area (Å²) in [7, 11) is 0. The van der Waals surface area contributed by atoms with Crippen molar-refractivity contribution in [3.05, 3.63) is 29.3 Å². The van der Waals surface area contributed by atoms with Gasteiger partial charge in [-0.15, -0.1) is 0 Å². The Labute approximate surface area is 82.6 Å². The standard InChI is InChI=1S/C10H11ClN2/c11-9-3-1-2-4-10(9)13-12-7-8-5-6-8/h1-4,7-8,13H,5-6H2/b12-7+. The summed E-state index contributed by atoms with van der Waals surface area (Å²) >= 11 is 5.92. The molecular formula is C10H11ClN2. The minimum atomic E-state index is 0.690. The van der Waals surface area contributed by atoms with E-state index in [0.717, 1.165) is 5.69 Å². The van der Waals surface area contributed by atoms with Gasteiger partial charge >= 0.3 is 0 Å². The average molecular weight is 195 g/mol. The molecule has 0 atom stereocenters. The molecule has 1 aliphatic carbocycles. The molecule has 0 bridgehead atoms. The number of nitrogens with one attached hydrogen (secondary N) is 1. The molecule has 1 aromatic rings. The Morgan fingerprint density at radius 1 is 1.38 bits per heavy atom. The van der Waals surface area contributed by atoms with Crippen molar-refractivity contribution in [3.63, 3.8) is 0 Å². The molecule has 1 fully saturated rings. The summed E-state index contributed by atoms with van der Waals surface area (Å²) in [6.07, 6.45) is 4.49. The van der Waals surface area contributed by atoms with E-state index in [1.54, 1.807) is 0 Å². The van der Waals surface area contributed by atoms with Crippen LogP contribution in [0.25, 0.3) is 0 Å². The highest BCUT2D eigenvalue weighted by molar-refractivity contribution is 6.33. The SMILES string of the molecule is Clc1ccccc1N/N=C/C1CC1. The van der Waals surface area contributed by atoms with Crippen molar-refractivity contribution in [1.29, 1.82) is 0 Å². The van der Waals surface area contributed by atoms with Crippen LogP contribution in [0.15, 0.2) is 29.4 Å². The van der Waals surface area contributed by atoms with Crippen molar-refractivity contribution in [1.82, 2.24) is 0 Å². The van der Waals surface area contributed by atoms with Gasteiger partial charge in [-0.25, -0.2) is 0 Å². The van der Waals surface area contributed by atoms with Crippen LogP contribution < -0.4 is 5.43 Å². The monoisotopic (exact) mass is 194 g/mol. The smallest absolute Gasteiger partial charge is 0.0747 e. The van der Waals surface area contributed by atoms with Crippen LogP contribution in [0.2, 0.25) is 5.02 Å². The molecule has 68 valence electrons. The normalized spacial score (nSPS) is 16.4. The van der Waals surface area contributed by atoms with Crippen LogP contribution in [-0.2, 0) is 0 Å². The highest BCUT2D eigenvalue weighted by atomic mass is 35.5. The highest BCUT2D eigenvalue weighted by Crippen LogP contribution is 2.26. The third kappa shape index (κ3) is 2.46. The minimum Gasteiger partial charge on any atom is -0.277 e. The fourth-order valence-electron chi connectivity index (χ4n) is 1.01. The van der Waals surface area contributed by atoms with Gasteiger partial charge < -0.3 is 0 Å². The van der Waals surface area contributed by atoms with Gasteiger partial charge in [0.2, 0.25) is 0 Å². The largest absolute Gasteiger partial charge is 0.277 e. The first-order valence-electron chi connectivity index (χ1n) is 4.40. The molecule has 0 amide bonds. The van der Waals surface area contributed by atoms with E-state index in [1.807, 2.05) is 30.5 Å². The van der Waals surface area contributed by atoms with Crippen molar-refractivity contribution in [2.75, 3.05) is 5.43 Å². The van der Waals surface area contributed by atoms with Crippen molar-refractivity contribution < 1.29 is 0 Å². The summed E-state index contributed by atoms with van der Waals surface area (Å²) in [5.74, 6) is 0.690. The number of anilines is 1. The maximum atomic E-state index is 5.92. The van der Waals surface area contributed by atoms with E-state index in [4.69, 9.17) is 11.6 Å². The van der Waals surface area contributed by atoms with Crippen molar-refractivity contribution in [2.24, 2.45) is 11.0 Å². The quantitative estimate of drug-likeness (QED) is 0.580. The maximum absolute atomic E-state index is 5.92. The van der Waals surface area contributed by atoms with Gasteiger partial charge in [0.1, 0.15) is 0 Å². The fourth-order valence-corrected chi connectivity index (χ4v) is 1.19. The van der Waals surface area contributed by atoms with Gasteiger partial charge in [-0.1, -0.05) is 23.7 Å². The Hall–Kier alpha value is -1.02. The molecule has 0 aromatic heterocycles. The van der Waals surface area contributed by atoms with Gasteiger partial charge in [0.05, 0.1) is 10.7 Å². The Kier molecular flexibility index (Phi) is 2.50. The second-order valence-electron chi connectivity index (χ2n) is 3.21. The Morgan fingerprint density at radius 2 is 2.15 bits per heavy atom. The molecule has 1 aliphatic rings. The molecule has 0 radical (unpaired) electrons. The second kappa shape index (κ2) is 3.79. The first-order valence-corrected chi connectivity index (χ1v) is 4.78. The molecule has 0 heterocycles. The summed E-state index contributed by atoms with van der Waals surface area (Å²) in [5.41, 5.74) is 3.78. The Balaban J connectivity index is 1.96. The summed E-state index contributed by atoms with van der Waals surface area (Å²) in [4.78, 5) is 0. The number of nitrogens with zero attached hydrogens (tertiary/aromatic N) is 1. The number of hydrogen-bond donors (Lipinski definition) is 1. The molecule has 2 rings (SSSR count). The molecule has 1 N–H and O–H groups in total. The minimum absolute atomic E-state index is 0.690. The van der Waals surface area contributed by atoms with E-state index in [1.165, 1.54) is 12.8 Å². The van der Waals surface area contributed by atoms with Gasteiger partial charge in [0.25, 0.3) is 0 Å². The summed E-state index contributed by atoms with van der Waals surface area (Å²) < 4.78 is 0. The molecular weight excluding hydrogens is 184 g/mol. The van der Waals surface area contributed by atoms with Crippen LogP contribution >= 0.6 is 11.6 Å². The van der Waals surface area contributed by atoms with Gasteiger partial charge in [0, 0.05) is 6.21 Å². The predicted octanol–water partition coefficient (Wildman–Crippen LogP) is 3.15. The van der Waals surface area contributed by atoms with Gasteiger partial charge in [0.15, 0.2) is 0 Å². The number of para-hydroxylation sites is 1. The molecule has 13 heavy (non-hydrogen) atoms. The topological polar surface area (TPSA) is 24.4 Å². The van der Waals surface area contributed by atoms with E-state index >= 15 is 0 Å². The summed E-state index contributed by atoms with van der Waals surface area (Å²) in [6, 6.07) is 7.59. The van der Waals surface area contributed by atoms with E-state index < -0.39 is 0 Å². The lowest BCUT2D eigenvalue weighted by Gasteiger charge is -2.00. The van der Waals surface area contributed by atoms with E-state index in [2.05, 4.69) is 10.5 Å². The van der Waals surface area contributed by atoms with E-state index in [-0.39, 0.29) is 0 Å². The molecule has 0 unspecified atom stereocenters. The lowest BCUT2D eigenvalue weighted by molar-refractivity contribution is 1.20. The summed E-state index contributed by atoms with van der Waals surface area (Å²) in [6.45, 7) is 0. The molecule has 0 spiro atoms. The summed E-state index contributed by atoms with van der Waals surface area (Å²) in [5, 5.41) is 4.81. The van der Waals surface area contributed by atoms with Crippen LogP contribution in [-0.4, -0.2) is 6.21 Å². The lowest BCUT2D eigenvalue weighted by Crippen LogP contribution is -1.90. The number of hydrazone groups is 1. The molecule has 1 aromatic carbocycles. The lowest BCUT2D eigenvalue weighted by atomic mass is 10.3. The van der Waals surface area contributed by atoms with Gasteiger partial charge in [-0.2, -0.15) is 5.10 Å². The van der Waals surface area contributed by atoms with Gasteiger partial charge in [-0.05, 0) is 30.9 Å². The molecule has 2 nitrogen and oxygen atoms in total. The number of hydrogen-bond acceptors (Lipinski definition) is 2. The molecule has 0 aliphatic heterocycles. The van der Waals surface area contributed by atoms with Crippen molar-refractivity contribution in [2.45, 2.75) is 12.8 Å². The third-order valence-electron chi connectivity index (χ3n) is 1.97. The Bertz CT molecular complexity index is 318. The van der Waals surface area contributed by atoms with Crippen LogP contribution in [0.5, 0.6) is 0 Å². The van der Waals surface area contributed by atoms with Crippen LogP contribution in [0.1, 0.15) is 12.8 Å². The fraction of sp³-hybridized carbons (Fsp3) is 0.300. The van der Waals surface area contributed by atoms with Crippen LogP contribution in [0, 0.1) is 5.92 Å². The zero-order valence-electron chi connectivity index (χ0n) is 7.20. The molecule has 3 heteroatoms. The Morgan fingerprint density at radius 3 is 2.85 bits per heavy atom. The van der Waals surface area contributed by atoms with Crippen molar-refractivity contribution >= 4 is 23.5 Å². The first kappa shape index (κ1) is 8.57. The second-order valence-corrected chi connectivity index (χ2v) is 3.61. The third-order valence-corrected chi connectivity index (χ3v) is 2.30. The van der Waals surface area contributed by atoms with Crippen LogP contribution in [0.4, 0.5) is 5.69 Å². The predicted molar refractivity (Wildman–Crippen MR) is 56.3 cm³/mol. The van der Waals surface area contributed by atoms with Crippen molar-refractivity contribution in [3.8, 4) is 0 Å². The average Bonchev–Trinajstić information content (AvgIpc) is 2.92. The molecule has 1 saturated carbocycles. The van der Waals surface area contributed by atoms with Gasteiger partial charge in [-0.3, -0.25) is 5.43 Å². The maximum Gasteiger partial charge on any atom is 0.0747 e. The van der Waals surface area contributed by atoms with Crippen LogP contribution in [0.3, 0.4) is 0 Å². The number of halogens is 1.